The van der Waals surface area contributed by atoms with Crippen molar-refractivity contribution in [2.24, 2.45) is 0 Å². The van der Waals surface area contributed by atoms with Crippen molar-refractivity contribution in [1.82, 2.24) is 5.32 Å². The van der Waals surface area contributed by atoms with Gasteiger partial charge in [-0.3, -0.25) is 0 Å². The van der Waals surface area contributed by atoms with E-state index in [1.807, 2.05) is 30.3 Å². The zero-order chi connectivity index (χ0) is 10.5. The number of hydrogen-bond acceptors (Lipinski definition) is 1. The maximum Gasteiger partial charge on any atom is 0.106 e. The van der Waals surface area contributed by atoms with Crippen molar-refractivity contribution in [3.8, 4) is 0 Å². The fourth-order valence-corrected chi connectivity index (χ4v) is 2.22. The highest BCUT2D eigenvalue weighted by Gasteiger charge is 2.19. The molecule has 2 unspecified atom stereocenters. The molecule has 1 aromatic rings. The van der Waals surface area contributed by atoms with Crippen LogP contribution in [0.3, 0.4) is 0 Å². The van der Waals surface area contributed by atoms with E-state index in [4.69, 9.17) is 0 Å². The Balaban J connectivity index is 1.79. The minimum atomic E-state index is -0.706. The second-order valence-electron chi connectivity index (χ2n) is 4.32. The summed E-state index contributed by atoms with van der Waals surface area (Å²) in [6.45, 7) is 1.06. The molecule has 0 spiro atoms. The van der Waals surface area contributed by atoms with Crippen molar-refractivity contribution in [2.75, 3.05) is 6.54 Å². The summed E-state index contributed by atoms with van der Waals surface area (Å²) < 4.78 is 13.7. The van der Waals surface area contributed by atoms with Crippen LogP contribution in [0.4, 0.5) is 4.39 Å². The van der Waals surface area contributed by atoms with E-state index in [0.29, 0.717) is 18.9 Å². The Bertz CT molecular complexity index is 280. The third-order valence-electron chi connectivity index (χ3n) is 3.00. The van der Waals surface area contributed by atoms with Gasteiger partial charge in [0.2, 0.25) is 0 Å². The molecule has 0 bridgehead atoms. The van der Waals surface area contributed by atoms with Gasteiger partial charge in [0.25, 0.3) is 0 Å². The molecule has 0 saturated carbocycles. The van der Waals surface area contributed by atoms with Crippen LogP contribution in [-0.2, 0) is 6.42 Å². The van der Waals surface area contributed by atoms with Crippen LogP contribution in [0.25, 0.3) is 0 Å². The number of halogens is 1. The van der Waals surface area contributed by atoms with Crippen LogP contribution in [-0.4, -0.2) is 18.8 Å². The Morgan fingerprint density at radius 2 is 2.13 bits per heavy atom. The number of rotatable bonds is 4. The summed E-state index contributed by atoms with van der Waals surface area (Å²) in [5.74, 6) is 0. The van der Waals surface area contributed by atoms with Crippen LogP contribution in [0, 0.1) is 0 Å². The third-order valence-corrected chi connectivity index (χ3v) is 3.00. The van der Waals surface area contributed by atoms with E-state index in [-0.39, 0.29) is 0 Å². The summed E-state index contributed by atoms with van der Waals surface area (Å²) in [6, 6.07) is 10.3. The van der Waals surface area contributed by atoms with Gasteiger partial charge in [0.1, 0.15) is 6.17 Å². The van der Waals surface area contributed by atoms with E-state index in [1.54, 1.807) is 0 Å². The maximum atomic E-state index is 13.7. The molecule has 0 aliphatic carbocycles. The van der Waals surface area contributed by atoms with Crippen molar-refractivity contribution >= 4 is 0 Å². The van der Waals surface area contributed by atoms with Gasteiger partial charge in [-0.2, -0.15) is 0 Å². The molecular formula is C13H18FN. The molecule has 2 atom stereocenters. The van der Waals surface area contributed by atoms with E-state index in [9.17, 15) is 4.39 Å². The standard InChI is InChI=1S/C13H18FN/c14-12(10-13-7-4-8-15-13)9-11-5-2-1-3-6-11/h1-3,5-6,12-13,15H,4,7-10H2. The summed E-state index contributed by atoms with van der Waals surface area (Å²) in [6.07, 6.45) is 2.84. The van der Waals surface area contributed by atoms with Crippen molar-refractivity contribution in [3.63, 3.8) is 0 Å². The normalized spacial score (nSPS) is 22.9. The number of nitrogens with one attached hydrogen (secondary N) is 1. The molecule has 1 fully saturated rings. The second kappa shape index (κ2) is 5.26. The molecule has 0 amide bonds. The van der Waals surface area contributed by atoms with Gasteiger partial charge in [-0.05, 0) is 31.4 Å². The maximum absolute atomic E-state index is 13.7. The van der Waals surface area contributed by atoms with E-state index in [1.165, 1.54) is 6.42 Å². The number of hydrogen-bond donors (Lipinski definition) is 1. The Kier molecular flexibility index (Phi) is 3.73. The van der Waals surface area contributed by atoms with Gasteiger partial charge in [0.05, 0.1) is 0 Å². The van der Waals surface area contributed by atoms with Crippen molar-refractivity contribution in [2.45, 2.75) is 37.9 Å². The highest BCUT2D eigenvalue weighted by molar-refractivity contribution is 5.15. The van der Waals surface area contributed by atoms with Crippen molar-refractivity contribution < 1.29 is 4.39 Å². The average molecular weight is 207 g/mol. The van der Waals surface area contributed by atoms with Crippen molar-refractivity contribution in [1.29, 1.82) is 0 Å². The molecule has 1 N–H and O–H groups in total. The van der Waals surface area contributed by atoms with Gasteiger partial charge in [0, 0.05) is 12.5 Å². The van der Waals surface area contributed by atoms with Gasteiger partial charge in [-0.25, -0.2) is 4.39 Å². The third kappa shape index (κ3) is 3.31. The second-order valence-corrected chi connectivity index (χ2v) is 4.32. The summed E-state index contributed by atoms with van der Waals surface area (Å²) in [5.41, 5.74) is 1.10. The Labute approximate surface area is 90.7 Å². The molecule has 0 aromatic heterocycles. The first kappa shape index (κ1) is 10.6. The minimum Gasteiger partial charge on any atom is -0.314 e. The van der Waals surface area contributed by atoms with Gasteiger partial charge in [0.15, 0.2) is 0 Å². The van der Waals surface area contributed by atoms with E-state index in [0.717, 1.165) is 18.5 Å². The zero-order valence-electron chi connectivity index (χ0n) is 8.95. The molecule has 15 heavy (non-hydrogen) atoms. The van der Waals surface area contributed by atoms with Gasteiger partial charge in [-0.1, -0.05) is 30.3 Å². The van der Waals surface area contributed by atoms with Crippen LogP contribution < -0.4 is 5.32 Å². The summed E-state index contributed by atoms with van der Waals surface area (Å²) >= 11 is 0. The lowest BCUT2D eigenvalue weighted by Crippen LogP contribution is -2.25. The van der Waals surface area contributed by atoms with Crippen LogP contribution >= 0.6 is 0 Å². The molecular weight excluding hydrogens is 189 g/mol. The van der Waals surface area contributed by atoms with Crippen LogP contribution in [0.2, 0.25) is 0 Å². The molecule has 2 rings (SSSR count). The Hall–Kier alpha value is -0.890. The smallest absolute Gasteiger partial charge is 0.106 e. The number of benzene rings is 1. The SMILES string of the molecule is FC(Cc1ccccc1)CC1CCCN1. The lowest BCUT2D eigenvalue weighted by Gasteiger charge is -2.13. The molecule has 1 heterocycles. The lowest BCUT2D eigenvalue weighted by atomic mass is 10.0. The molecule has 1 saturated heterocycles. The predicted octanol–water partition coefficient (Wildman–Crippen LogP) is 2.71. The van der Waals surface area contributed by atoms with E-state index < -0.39 is 6.17 Å². The molecule has 2 heteroatoms. The number of alkyl halides is 1. The molecule has 1 aliphatic heterocycles. The summed E-state index contributed by atoms with van der Waals surface area (Å²) in [5, 5.41) is 3.33. The van der Waals surface area contributed by atoms with Gasteiger partial charge in [-0.15, -0.1) is 0 Å². The van der Waals surface area contributed by atoms with Crippen molar-refractivity contribution in [3.05, 3.63) is 35.9 Å². The highest BCUT2D eigenvalue weighted by atomic mass is 19.1. The first-order valence-electron chi connectivity index (χ1n) is 5.76. The first-order valence-corrected chi connectivity index (χ1v) is 5.76. The van der Waals surface area contributed by atoms with Crippen LogP contribution in [0.5, 0.6) is 0 Å². The Morgan fingerprint density at radius 3 is 2.80 bits per heavy atom. The fraction of sp³-hybridized carbons (Fsp3) is 0.538. The van der Waals surface area contributed by atoms with E-state index >= 15 is 0 Å². The Morgan fingerprint density at radius 1 is 1.33 bits per heavy atom. The summed E-state index contributed by atoms with van der Waals surface area (Å²) in [7, 11) is 0. The lowest BCUT2D eigenvalue weighted by molar-refractivity contribution is 0.285. The fourth-order valence-electron chi connectivity index (χ4n) is 2.22. The molecule has 1 aliphatic rings. The van der Waals surface area contributed by atoms with Gasteiger partial charge >= 0.3 is 0 Å². The largest absolute Gasteiger partial charge is 0.314 e. The molecule has 1 aromatic carbocycles. The average Bonchev–Trinajstić information content (AvgIpc) is 2.71. The molecule has 0 radical (unpaired) electrons. The minimum absolute atomic E-state index is 0.406. The van der Waals surface area contributed by atoms with Crippen LogP contribution in [0.15, 0.2) is 30.3 Å². The molecule has 82 valence electrons. The van der Waals surface area contributed by atoms with Crippen LogP contribution in [0.1, 0.15) is 24.8 Å². The molecule has 1 nitrogen and oxygen atoms in total. The topological polar surface area (TPSA) is 12.0 Å². The quantitative estimate of drug-likeness (QED) is 0.800. The first-order chi connectivity index (χ1) is 7.34. The van der Waals surface area contributed by atoms with Gasteiger partial charge < -0.3 is 5.32 Å². The zero-order valence-corrected chi connectivity index (χ0v) is 8.95. The highest BCUT2D eigenvalue weighted by Crippen LogP contribution is 2.16. The van der Waals surface area contributed by atoms with E-state index in [2.05, 4.69) is 5.32 Å². The summed E-state index contributed by atoms with van der Waals surface area (Å²) in [4.78, 5) is 0. The predicted molar refractivity (Wildman–Crippen MR) is 60.7 cm³/mol. The monoisotopic (exact) mass is 207 g/mol.